The number of halogens is 1. The van der Waals surface area contributed by atoms with Crippen LogP contribution in [0.4, 0.5) is 5.82 Å². The Hall–Kier alpha value is -3.29. The minimum absolute atomic E-state index is 0. The van der Waals surface area contributed by atoms with Crippen LogP contribution in [0.5, 0.6) is 0 Å². The van der Waals surface area contributed by atoms with Gasteiger partial charge >= 0.3 is 0 Å². The van der Waals surface area contributed by atoms with E-state index in [0.29, 0.717) is 24.3 Å². The summed E-state index contributed by atoms with van der Waals surface area (Å²) in [5.74, 6) is 1.37. The number of aromatic nitrogens is 2. The van der Waals surface area contributed by atoms with Gasteiger partial charge < -0.3 is 9.80 Å². The number of benzene rings is 1. The van der Waals surface area contributed by atoms with Crippen LogP contribution in [0.15, 0.2) is 24.3 Å². The van der Waals surface area contributed by atoms with Crippen LogP contribution in [0, 0.1) is 35.5 Å². The van der Waals surface area contributed by atoms with Gasteiger partial charge in [0.15, 0.2) is 5.65 Å². The summed E-state index contributed by atoms with van der Waals surface area (Å²) in [5.41, 5.74) is 5.24. The molecule has 2 fully saturated rings. The maximum absolute atomic E-state index is 11.8. The normalized spacial score (nSPS) is 17.0. The predicted octanol–water partition coefficient (Wildman–Crippen LogP) is 3.78. The van der Waals surface area contributed by atoms with Crippen LogP contribution in [0.2, 0.25) is 0 Å². The van der Waals surface area contributed by atoms with E-state index in [0.717, 1.165) is 53.9 Å². The molecule has 2 saturated heterocycles. The van der Waals surface area contributed by atoms with Gasteiger partial charge in [-0.25, -0.2) is 4.98 Å². The Bertz CT molecular complexity index is 1290. The van der Waals surface area contributed by atoms with Crippen LogP contribution in [0.1, 0.15) is 42.4 Å². The molecule has 8 heteroatoms. The molecule has 1 aromatic carbocycles. The first kappa shape index (κ1) is 21.9. The number of hydrogen-bond donors (Lipinski definition) is 0. The Morgan fingerprint density at radius 2 is 1.84 bits per heavy atom. The van der Waals surface area contributed by atoms with Crippen molar-refractivity contribution >= 4 is 40.8 Å². The second-order valence-electron chi connectivity index (χ2n) is 8.62. The molecule has 7 nitrogen and oxygen atoms in total. The lowest BCUT2D eigenvalue weighted by Gasteiger charge is -2.41. The maximum atomic E-state index is 11.8. The Balaban J connectivity index is 0.00000245. The third-order valence-corrected chi connectivity index (χ3v) is 6.83. The van der Waals surface area contributed by atoms with Gasteiger partial charge in [0.25, 0.3) is 0 Å². The monoisotopic (exact) mass is 448 g/mol. The molecule has 32 heavy (non-hydrogen) atoms. The molecule has 164 valence electrons. The van der Waals surface area contributed by atoms with Crippen molar-refractivity contribution in [2.45, 2.75) is 32.6 Å². The largest absolute Gasteiger partial charge is 0.357 e. The van der Waals surface area contributed by atoms with Crippen LogP contribution < -0.4 is 4.90 Å². The molecule has 0 bridgehead atoms. The van der Waals surface area contributed by atoms with E-state index in [2.05, 4.69) is 28.4 Å². The van der Waals surface area contributed by atoms with Gasteiger partial charge in [0.1, 0.15) is 11.9 Å². The van der Waals surface area contributed by atoms with E-state index in [4.69, 9.17) is 4.98 Å². The highest BCUT2D eigenvalue weighted by Gasteiger charge is 2.36. The Morgan fingerprint density at radius 3 is 2.47 bits per heavy atom. The fourth-order valence-electron chi connectivity index (χ4n) is 5.14. The number of hydrogen-bond acceptors (Lipinski definition) is 5. The van der Waals surface area contributed by atoms with Crippen molar-refractivity contribution in [3.05, 3.63) is 41.0 Å². The third-order valence-electron chi connectivity index (χ3n) is 6.83. The van der Waals surface area contributed by atoms with Gasteiger partial charge in [-0.05, 0) is 43.0 Å². The molecular formula is C24H25ClN6O. The van der Waals surface area contributed by atoms with Crippen LogP contribution in [-0.2, 0) is 4.79 Å². The van der Waals surface area contributed by atoms with Crippen molar-refractivity contribution in [3.8, 4) is 12.1 Å². The summed E-state index contributed by atoms with van der Waals surface area (Å²) in [4.78, 5) is 20.8. The number of imidazole rings is 1. The highest BCUT2D eigenvalue weighted by atomic mass is 35.5. The van der Waals surface area contributed by atoms with Gasteiger partial charge in [-0.2, -0.15) is 10.5 Å². The van der Waals surface area contributed by atoms with Crippen LogP contribution >= 0.6 is 12.4 Å². The molecule has 4 heterocycles. The second kappa shape index (κ2) is 8.33. The summed E-state index contributed by atoms with van der Waals surface area (Å²) in [5, 5.41) is 19.5. The average molecular weight is 449 g/mol. The first-order valence-corrected chi connectivity index (χ1v) is 10.8. The number of nitriles is 2. The molecule has 0 atom stereocenters. The Labute approximate surface area is 193 Å². The molecule has 0 radical (unpaired) electrons. The molecular weight excluding hydrogens is 424 g/mol. The smallest absolute Gasteiger partial charge is 0.219 e. The molecule has 2 aliphatic rings. The van der Waals surface area contributed by atoms with Gasteiger partial charge in [-0.15, -0.1) is 12.4 Å². The van der Waals surface area contributed by atoms with Gasteiger partial charge in [-0.3, -0.25) is 9.20 Å². The number of carbonyl (C=O) groups is 1. The van der Waals surface area contributed by atoms with E-state index < -0.39 is 0 Å². The molecule has 1 amide bonds. The van der Waals surface area contributed by atoms with Gasteiger partial charge in [-0.1, -0.05) is 12.1 Å². The van der Waals surface area contributed by atoms with Crippen molar-refractivity contribution in [1.29, 1.82) is 10.5 Å². The topological polar surface area (TPSA) is 88.4 Å². The number of likely N-dealkylation sites (tertiary alicyclic amines) is 1. The van der Waals surface area contributed by atoms with Crippen LogP contribution in [0.3, 0.4) is 0 Å². The quantitative estimate of drug-likeness (QED) is 0.595. The van der Waals surface area contributed by atoms with E-state index in [-0.39, 0.29) is 30.2 Å². The lowest BCUT2D eigenvalue weighted by molar-refractivity contribution is -0.133. The summed E-state index contributed by atoms with van der Waals surface area (Å²) in [6.07, 6.45) is 1.67. The molecule has 3 aromatic rings. The first-order valence-electron chi connectivity index (χ1n) is 10.8. The van der Waals surface area contributed by atoms with E-state index >= 15 is 0 Å². The molecule has 5 rings (SSSR count). The van der Waals surface area contributed by atoms with Crippen molar-refractivity contribution in [3.63, 3.8) is 0 Å². The summed E-state index contributed by atoms with van der Waals surface area (Å²) in [7, 11) is 0. The SMILES string of the molecule is CC(=O)N1CC(c2c(C)c(N3CCC(C#N)CC3)n3c(nc4ccccc43)c2C#N)C1.Cl. The Kier molecular flexibility index (Phi) is 5.71. The predicted molar refractivity (Wildman–Crippen MR) is 125 cm³/mol. The number of carbonyl (C=O) groups excluding carboxylic acids is 1. The van der Waals surface area contributed by atoms with Crippen molar-refractivity contribution in [2.24, 2.45) is 5.92 Å². The van der Waals surface area contributed by atoms with E-state index in [1.165, 1.54) is 0 Å². The molecule has 0 unspecified atom stereocenters. The van der Waals surface area contributed by atoms with Gasteiger partial charge in [0.2, 0.25) is 5.91 Å². The van der Waals surface area contributed by atoms with E-state index in [9.17, 15) is 15.3 Å². The molecule has 0 spiro atoms. The minimum Gasteiger partial charge on any atom is -0.357 e. The van der Waals surface area contributed by atoms with E-state index in [1.807, 2.05) is 29.2 Å². The number of piperidine rings is 1. The zero-order chi connectivity index (χ0) is 21.7. The zero-order valence-corrected chi connectivity index (χ0v) is 19.0. The fraction of sp³-hybridized carbons (Fsp3) is 0.417. The van der Waals surface area contributed by atoms with Crippen molar-refractivity contribution in [2.75, 3.05) is 31.1 Å². The number of nitrogens with zero attached hydrogens (tertiary/aromatic N) is 6. The van der Waals surface area contributed by atoms with Crippen LogP contribution in [0.25, 0.3) is 16.7 Å². The standard InChI is InChI=1S/C24H24N6O.ClH/c1-15-22(18-13-29(14-18)16(2)31)19(12-26)23-27-20-5-3-4-6-21(20)30(23)24(15)28-9-7-17(11-25)8-10-28;/h3-6,17-18H,7-10,13-14H2,1-2H3;1H. The van der Waals surface area contributed by atoms with Crippen molar-refractivity contribution in [1.82, 2.24) is 14.3 Å². The zero-order valence-electron chi connectivity index (χ0n) is 18.2. The number of anilines is 1. The lowest BCUT2D eigenvalue weighted by atomic mass is 9.85. The number of amides is 1. The number of para-hydroxylation sites is 2. The highest BCUT2D eigenvalue weighted by Crippen LogP contribution is 2.40. The average Bonchev–Trinajstić information content (AvgIpc) is 3.12. The number of rotatable bonds is 2. The van der Waals surface area contributed by atoms with Crippen molar-refractivity contribution < 1.29 is 4.79 Å². The van der Waals surface area contributed by atoms with E-state index in [1.54, 1.807) is 6.92 Å². The second-order valence-corrected chi connectivity index (χ2v) is 8.62. The third kappa shape index (κ3) is 3.25. The summed E-state index contributed by atoms with van der Waals surface area (Å²) in [6.45, 7) is 6.55. The van der Waals surface area contributed by atoms with Gasteiger partial charge in [0, 0.05) is 44.9 Å². The minimum atomic E-state index is 0. The summed E-state index contributed by atoms with van der Waals surface area (Å²) >= 11 is 0. The maximum Gasteiger partial charge on any atom is 0.219 e. The summed E-state index contributed by atoms with van der Waals surface area (Å²) in [6, 6.07) is 12.8. The molecule has 2 aromatic heterocycles. The highest BCUT2D eigenvalue weighted by molar-refractivity contribution is 5.87. The number of pyridine rings is 1. The lowest BCUT2D eigenvalue weighted by Crippen LogP contribution is -2.48. The van der Waals surface area contributed by atoms with Gasteiger partial charge in [0.05, 0.1) is 22.7 Å². The summed E-state index contributed by atoms with van der Waals surface area (Å²) < 4.78 is 2.13. The molecule has 0 aliphatic carbocycles. The molecule has 0 saturated carbocycles. The molecule has 2 aliphatic heterocycles. The number of fused-ring (bicyclic) bond motifs is 3. The van der Waals surface area contributed by atoms with Crippen LogP contribution in [-0.4, -0.2) is 46.4 Å². The molecule has 0 N–H and O–H groups in total. The fourth-order valence-corrected chi connectivity index (χ4v) is 5.14. The Morgan fingerprint density at radius 1 is 1.16 bits per heavy atom. The first-order chi connectivity index (χ1) is 15.0.